The van der Waals surface area contributed by atoms with E-state index in [0.29, 0.717) is 6.29 Å². The Morgan fingerprint density at radius 1 is 1.08 bits per heavy atom. The van der Waals surface area contributed by atoms with Gasteiger partial charge in [0.25, 0.3) is 0 Å². The number of aldehydes is 1. The summed E-state index contributed by atoms with van der Waals surface area (Å²) >= 11 is 1.54. The monoisotopic (exact) mass is 354 g/mol. The second-order valence-corrected chi connectivity index (χ2v) is 6.71. The smallest absolute Gasteiger partial charge is 0.476 e. The molecule has 0 unspecified atom stereocenters. The Morgan fingerprint density at radius 3 is 2.38 bits per heavy atom. The van der Waals surface area contributed by atoms with Gasteiger partial charge in [-0.25, -0.2) is 0 Å². The molecule has 0 bridgehead atoms. The number of hydrogen-bond acceptors (Lipinski definition) is 4. The van der Waals surface area contributed by atoms with E-state index in [1.54, 1.807) is 0 Å². The van der Waals surface area contributed by atoms with Gasteiger partial charge in [-0.2, -0.15) is 0 Å². The predicted octanol–water partition coefficient (Wildman–Crippen LogP) is 5.06. The molecule has 0 N–H and O–H groups in total. The molecular weight excluding hydrogens is 341 g/mol. The molecule has 0 radical (unpaired) electrons. The summed E-state index contributed by atoms with van der Waals surface area (Å²) < 4.78 is 46.5. The zero-order valence-electron chi connectivity index (χ0n) is 12.4. The summed E-state index contributed by atoms with van der Waals surface area (Å²) in [5, 5.41) is 0. The molecule has 0 aromatic heterocycles. The van der Waals surface area contributed by atoms with Crippen molar-refractivity contribution in [3.63, 3.8) is 0 Å². The van der Waals surface area contributed by atoms with Gasteiger partial charge in [-0.1, -0.05) is 30.0 Å². The Bertz CT molecular complexity index is 728. The van der Waals surface area contributed by atoms with Crippen LogP contribution in [0.2, 0.25) is 0 Å². The molecule has 0 spiro atoms. The van der Waals surface area contributed by atoms with Gasteiger partial charge in [-0.3, -0.25) is 4.79 Å². The summed E-state index contributed by atoms with van der Waals surface area (Å²) in [5.41, 5.74) is 0.0247. The van der Waals surface area contributed by atoms with Crippen LogP contribution in [0.1, 0.15) is 23.2 Å². The molecule has 1 saturated carbocycles. The Balaban J connectivity index is 1.76. The number of hydrogen-bond donors (Lipinski definition) is 0. The third-order valence-electron chi connectivity index (χ3n) is 3.34. The first-order chi connectivity index (χ1) is 11.4. The van der Waals surface area contributed by atoms with Crippen molar-refractivity contribution in [3.8, 4) is 11.5 Å². The van der Waals surface area contributed by atoms with Gasteiger partial charge in [0.1, 0.15) is 11.5 Å². The van der Waals surface area contributed by atoms with Gasteiger partial charge in [0.05, 0.1) is 5.56 Å². The summed E-state index contributed by atoms with van der Waals surface area (Å²) in [7, 11) is 0. The van der Waals surface area contributed by atoms with E-state index >= 15 is 0 Å². The molecule has 126 valence electrons. The van der Waals surface area contributed by atoms with Gasteiger partial charge < -0.3 is 9.47 Å². The van der Waals surface area contributed by atoms with Gasteiger partial charge >= 0.3 is 6.36 Å². The van der Waals surface area contributed by atoms with Crippen LogP contribution in [0.5, 0.6) is 11.5 Å². The van der Waals surface area contributed by atoms with E-state index in [-0.39, 0.29) is 11.3 Å². The fourth-order valence-electron chi connectivity index (χ4n) is 2.14. The minimum absolute atomic E-state index is 0.0247. The molecular formula is C17H13F3O3S. The molecule has 1 aliphatic carbocycles. The number of halogens is 3. The summed E-state index contributed by atoms with van der Waals surface area (Å²) in [6.07, 6.45) is -2.75. The van der Waals surface area contributed by atoms with Crippen LogP contribution in [-0.2, 0) is 0 Å². The lowest BCUT2D eigenvalue weighted by Gasteiger charge is -2.19. The minimum atomic E-state index is -4.80. The second-order valence-electron chi connectivity index (χ2n) is 5.29. The third kappa shape index (κ3) is 4.23. The molecule has 7 heteroatoms. The van der Waals surface area contributed by atoms with Gasteiger partial charge in [0.2, 0.25) is 0 Å². The van der Waals surface area contributed by atoms with Crippen LogP contribution < -0.4 is 9.47 Å². The summed E-state index contributed by atoms with van der Waals surface area (Å²) in [6.45, 7) is 0. The number of benzene rings is 2. The maximum atomic E-state index is 12.3. The fraction of sp³-hybridized carbons (Fsp3) is 0.235. The molecule has 2 aromatic rings. The van der Waals surface area contributed by atoms with Crippen LogP contribution in [0.4, 0.5) is 13.2 Å². The lowest BCUT2D eigenvalue weighted by atomic mass is 10.2. The van der Waals surface area contributed by atoms with Crippen molar-refractivity contribution in [2.45, 2.75) is 29.0 Å². The summed E-state index contributed by atoms with van der Waals surface area (Å²) in [5.74, 6) is -0.196. The van der Waals surface area contributed by atoms with Crippen molar-refractivity contribution in [2.75, 3.05) is 0 Å². The average Bonchev–Trinajstić information content (AvgIpc) is 3.27. The van der Waals surface area contributed by atoms with E-state index in [0.717, 1.165) is 29.9 Å². The Labute approximate surface area is 140 Å². The molecule has 3 rings (SSSR count). The SMILES string of the molecule is O=Cc1cc(OC(F)(F)F)ccc1OC1(Sc2ccccc2)CC1. The van der Waals surface area contributed by atoms with Gasteiger partial charge in [0, 0.05) is 17.7 Å². The van der Waals surface area contributed by atoms with Gasteiger partial charge in [0.15, 0.2) is 11.2 Å². The molecule has 0 amide bonds. The molecule has 0 aliphatic heterocycles. The highest BCUT2D eigenvalue weighted by molar-refractivity contribution is 8.00. The van der Waals surface area contributed by atoms with E-state index in [2.05, 4.69) is 4.74 Å². The Kier molecular flexibility index (Phi) is 4.45. The van der Waals surface area contributed by atoms with Crippen molar-refractivity contribution in [1.29, 1.82) is 0 Å². The first kappa shape index (κ1) is 16.7. The van der Waals surface area contributed by atoms with E-state index in [1.165, 1.54) is 17.8 Å². The minimum Gasteiger partial charge on any atom is -0.476 e. The molecule has 2 aromatic carbocycles. The predicted molar refractivity (Wildman–Crippen MR) is 83.4 cm³/mol. The van der Waals surface area contributed by atoms with Gasteiger partial charge in [-0.15, -0.1) is 13.2 Å². The molecule has 24 heavy (non-hydrogen) atoms. The molecule has 0 atom stereocenters. The van der Waals surface area contributed by atoms with Crippen LogP contribution >= 0.6 is 11.8 Å². The van der Waals surface area contributed by atoms with Crippen molar-refractivity contribution >= 4 is 18.0 Å². The van der Waals surface area contributed by atoms with E-state index in [4.69, 9.17) is 4.74 Å². The van der Waals surface area contributed by atoms with E-state index in [1.807, 2.05) is 30.3 Å². The second kappa shape index (κ2) is 6.39. The number of alkyl halides is 3. The summed E-state index contributed by atoms with van der Waals surface area (Å²) in [6, 6.07) is 13.1. The average molecular weight is 354 g/mol. The standard InChI is InChI=1S/C17H13F3O3S/c18-17(19,20)22-13-6-7-15(12(10-13)11-21)23-16(8-9-16)24-14-4-2-1-3-5-14/h1-7,10-11H,8-9H2. The quantitative estimate of drug-likeness (QED) is 0.537. The highest BCUT2D eigenvalue weighted by atomic mass is 32.2. The van der Waals surface area contributed by atoms with Crippen molar-refractivity contribution in [1.82, 2.24) is 0 Å². The highest BCUT2D eigenvalue weighted by Crippen LogP contribution is 2.53. The number of rotatable bonds is 6. The number of thioether (sulfide) groups is 1. The normalized spacial score (nSPS) is 15.6. The number of carbonyl (C=O) groups excluding carboxylic acids is 1. The topological polar surface area (TPSA) is 35.5 Å². The van der Waals surface area contributed by atoms with Crippen LogP contribution in [0, 0.1) is 0 Å². The van der Waals surface area contributed by atoms with E-state index in [9.17, 15) is 18.0 Å². The summed E-state index contributed by atoms with van der Waals surface area (Å²) in [4.78, 5) is 11.7. The Hall–Kier alpha value is -2.15. The zero-order valence-corrected chi connectivity index (χ0v) is 13.2. The number of carbonyl (C=O) groups is 1. The first-order valence-electron chi connectivity index (χ1n) is 7.17. The van der Waals surface area contributed by atoms with Gasteiger partial charge in [-0.05, 0) is 30.3 Å². The maximum absolute atomic E-state index is 12.3. The van der Waals surface area contributed by atoms with Crippen LogP contribution in [0.25, 0.3) is 0 Å². The van der Waals surface area contributed by atoms with Crippen LogP contribution in [0.3, 0.4) is 0 Å². The van der Waals surface area contributed by atoms with Crippen molar-refractivity contribution in [3.05, 3.63) is 54.1 Å². The maximum Gasteiger partial charge on any atom is 0.573 e. The largest absolute Gasteiger partial charge is 0.573 e. The molecule has 0 saturated heterocycles. The zero-order chi connectivity index (χ0) is 17.2. The van der Waals surface area contributed by atoms with Crippen LogP contribution in [0.15, 0.2) is 53.4 Å². The molecule has 1 aliphatic rings. The lowest BCUT2D eigenvalue weighted by molar-refractivity contribution is -0.274. The Morgan fingerprint density at radius 2 is 1.79 bits per heavy atom. The first-order valence-corrected chi connectivity index (χ1v) is 7.99. The molecule has 3 nitrogen and oxygen atoms in total. The molecule has 0 heterocycles. The highest BCUT2D eigenvalue weighted by Gasteiger charge is 2.47. The number of ether oxygens (including phenoxy) is 2. The van der Waals surface area contributed by atoms with Crippen molar-refractivity contribution in [2.24, 2.45) is 0 Å². The van der Waals surface area contributed by atoms with E-state index < -0.39 is 17.0 Å². The molecule has 1 fully saturated rings. The third-order valence-corrected chi connectivity index (χ3v) is 4.71. The fourth-order valence-corrected chi connectivity index (χ4v) is 3.30. The lowest BCUT2D eigenvalue weighted by Crippen LogP contribution is -2.18. The van der Waals surface area contributed by atoms with Crippen LogP contribution in [-0.4, -0.2) is 17.6 Å². The van der Waals surface area contributed by atoms with Crippen molar-refractivity contribution < 1.29 is 27.4 Å².